The molecule has 0 spiro atoms. The summed E-state index contributed by atoms with van der Waals surface area (Å²) >= 11 is 0. The molecule has 6 nitrogen and oxygen atoms in total. The van der Waals surface area contributed by atoms with Crippen molar-refractivity contribution < 1.29 is 9.47 Å². The van der Waals surface area contributed by atoms with E-state index in [0.29, 0.717) is 5.75 Å². The summed E-state index contributed by atoms with van der Waals surface area (Å²) in [6.45, 7) is 4.01. The highest BCUT2D eigenvalue weighted by Gasteiger charge is 2.32. The molecule has 0 amide bonds. The van der Waals surface area contributed by atoms with E-state index in [1.54, 1.807) is 0 Å². The highest BCUT2D eigenvalue weighted by molar-refractivity contribution is 5.65. The number of hydrogen-bond acceptors (Lipinski definition) is 6. The Hall–Kier alpha value is -1.50. The van der Waals surface area contributed by atoms with Gasteiger partial charge in [-0.1, -0.05) is 6.07 Å². The maximum Gasteiger partial charge on any atom is 0.247 e. The summed E-state index contributed by atoms with van der Waals surface area (Å²) < 4.78 is 11.2. The van der Waals surface area contributed by atoms with Crippen molar-refractivity contribution in [1.29, 1.82) is 0 Å². The third kappa shape index (κ3) is 2.10. The minimum absolute atomic E-state index is 0.156. The van der Waals surface area contributed by atoms with Crippen LogP contribution in [0.1, 0.15) is 0 Å². The van der Waals surface area contributed by atoms with Crippen LogP contribution < -0.4 is 31.2 Å². The SMILES string of the molecule is NC1(N)COc2c(cccc2N2CCNCC2)O1. The second-order valence-electron chi connectivity index (χ2n) is 4.69. The highest BCUT2D eigenvalue weighted by Crippen LogP contribution is 2.41. The Kier molecular flexibility index (Phi) is 2.77. The first kappa shape index (κ1) is 11.6. The fourth-order valence-electron chi connectivity index (χ4n) is 2.30. The van der Waals surface area contributed by atoms with Crippen LogP contribution in [0.15, 0.2) is 18.2 Å². The van der Waals surface area contributed by atoms with Gasteiger partial charge >= 0.3 is 0 Å². The number of para-hydroxylation sites is 1. The van der Waals surface area contributed by atoms with Gasteiger partial charge in [0, 0.05) is 26.2 Å². The molecule has 5 N–H and O–H groups in total. The van der Waals surface area contributed by atoms with Crippen molar-refractivity contribution in [1.82, 2.24) is 5.32 Å². The normalized spacial score (nSPS) is 21.8. The van der Waals surface area contributed by atoms with E-state index in [-0.39, 0.29) is 6.61 Å². The molecule has 0 saturated carbocycles. The van der Waals surface area contributed by atoms with E-state index in [1.165, 1.54) is 0 Å². The highest BCUT2D eigenvalue weighted by atomic mass is 16.6. The smallest absolute Gasteiger partial charge is 0.247 e. The third-order valence-electron chi connectivity index (χ3n) is 3.16. The minimum Gasteiger partial charge on any atom is -0.480 e. The zero-order valence-electron chi connectivity index (χ0n) is 10.2. The first-order valence-corrected chi connectivity index (χ1v) is 6.14. The van der Waals surface area contributed by atoms with Crippen LogP contribution in [0.2, 0.25) is 0 Å². The van der Waals surface area contributed by atoms with Gasteiger partial charge in [0.05, 0.1) is 5.69 Å². The first-order valence-electron chi connectivity index (χ1n) is 6.14. The standard InChI is InChI=1S/C12H18N4O2/c13-12(14)8-17-11-9(2-1-3-10(11)18-12)16-6-4-15-5-7-16/h1-3,15H,4-8,13-14H2. The summed E-state index contributed by atoms with van der Waals surface area (Å²) in [6.07, 6.45) is 0. The molecular weight excluding hydrogens is 232 g/mol. The lowest BCUT2D eigenvalue weighted by Crippen LogP contribution is -2.60. The Morgan fingerprint density at radius 2 is 2.00 bits per heavy atom. The maximum absolute atomic E-state index is 5.73. The fourth-order valence-corrected chi connectivity index (χ4v) is 2.30. The number of anilines is 1. The molecule has 2 aliphatic heterocycles. The van der Waals surface area contributed by atoms with E-state index in [0.717, 1.165) is 37.6 Å². The van der Waals surface area contributed by atoms with Gasteiger partial charge in [0.15, 0.2) is 18.1 Å². The van der Waals surface area contributed by atoms with Crippen molar-refractivity contribution in [3.05, 3.63) is 18.2 Å². The Bertz CT molecular complexity index is 444. The lowest BCUT2D eigenvalue weighted by atomic mass is 10.2. The second-order valence-corrected chi connectivity index (χ2v) is 4.69. The van der Waals surface area contributed by atoms with Crippen LogP contribution in [0.3, 0.4) is 0 Å². The summed E-state index contributed by atoms with van der Waals surface area (Å²) in [4.78, 5) is 2.28. The average molecular weight is 250 g/mol. The minimum atomic E-state index is -1.24. The van der Waals surface area contributed by atoms with Crippen molar-refractivity contribution in [2.24, 2.45) is 11.5 Å². The number of piperazine rings is 1. The van der Waals surface area contributed by atoms with Crippen molar-refractivity contribution in [2.75, 3.05) is 37.7 Å². The molecule has 1 aromatic rings. The lowest BCUT2D eigenvalue weighted by Gasteiger charge is -2.36. The topological polar surface area (TPSA) is 85.8 Å². The summed E-state index contributed by atoms with van der Waals surface area (Å²) in [5.74, 6) is 0.114. The van der Waals surface area contributed by atoms with Crippen molar-refractivity contribution in [3.63, 3.8) is 0 Å². The van der Waals surface area contributed by atoms with E-state index < -0.39 is 5.85 Å². The van der Waals surface area contributed by atoms with Gasteiger partial charge in [0.2, 0.25) is 5.85 Å². The molecular formula is C12H18N4O2. The van der Waals surface area contributed by atoms with Crippen LogP contribution in [-0.2, 0) is 0 Å². The van der Waals surface area contributed by atoms with Crippen LogP contribution >= 0.6 is 0 Å². The summed E-state index contributed by atoms with van der Waals surface area (Å²) in [7, 11) is 0. The number of nitrogens with zero attached hydrogens (tertiary/aromatic N) is 1. The molecule has 1 saturated heterocycles. The Labute approximate surface area is 106 Å². The molecule has 0 unspecified atom stereocenters. The molecule has 1 fully saturated rings. The molecule has 0 atom stereocenters. The maximum atomic E-state index is 5.73. The van der Waals surface area contributed by atoms with Gasteiger partial charge in [-0.15, -0.1) is 0 Å². The fraction of sp³-hybridized carbons (Fsp3) is 0.500. The van der Waals surface area contributed by atoms with E-state index >= 15 is 0 Å². The van der Waals surface area contributed by atoms with Gasteiger partial charge in [-0.3, -0.25) is 11.5 Å². The Morgan fingerprint density at radius 1 is 1.22 bits per heavy atom. The number of nitrogens with two attached hydrogens (primary N) is 2. The van der Waals surface area contributed by atoms with Gasteiger partial charge in [-0.05, 0) is 12.1 Å². The molecule has 2 aliphatic rings. The van der Waals surface area contributed by atoms with Gasteiger partial charge in [-0.25, -0.2) is 0 Å². The van der Waals surface area contributed by atoms with Gasteiger partial charge in [0.1, 0.15) is 0 Å². The zero-order valence-corrected chi connectivity index (χ0v) is 10.2. The van der Waals surface area contributed by atoms with Gasteiger partial charge in [0.25, 0.3) is 0 Å². The predicted molar refractivity (Wildman–Crippen MR) is 68.8 cm³/mol. The number of rotatable bonds is 1. The molecule has 2 heterocycles. The van der Waals surface area contributed by atoms with Crippen molar-refractivity contribution >= 4 is 5.69 Å². The number of fused-ring (bicyclic) bond motifs is 1. The first-order chi connectivity index (χ1) is 8.66. The second kappa shape index (κ2) is 4.31. The summed E-state index contributed by atoms with van der Waals surface area (Å²) in [6, 6.07) is 5.79. The van der Waals surface area contributed by atoms with Crippen LogP contribution in [-0.4, -0.2) is 38.6 Å². The molecule has 1 aromatic carbocycles. The van der Waals surface area contributed by atoms with E-state index in [4.69, 9.17) is 20.9 Å². The molecule has 0 bridgehead atoms. The molecule has 18 heavy (non-hydrogen) atoms. The van der Waals surface area contributed by atoms with E-state index in [9.17, 15) is 0 Å². The van der Waals surface area contributed by atoms with Crippen LogP contribution in [0.4, 0.5) is 5.69 Å². The zero-order chi connectivity index (χ0) is 12.6. The summed E-state index contributed by atoms with van der Waals surface area (Å²) in [5.41, 5.74) is 12.5. The van der Waals surface area contributed by atoms with Gasteiger partial charge < -0.3 is 19.7 Å². The number of benzene rings is 1. The summed E-state index contributed by atoms with van der Waals surface area (Å²) in [5, 5.41) is 3.32. The largest absolute Gasteiger partial charge is 0.480 e. The predicted octanol–water partition coefficient (Wildman–Crippen LogP) is -0.561. The van der Waals surface area contributed by atoms with Crippen LogP contribution in [0, 0.1) is 0 Å². The number of nitrogens with one attached hydrogen (secondary N) is 1. The average Bonchev–Trinajstić information content (AvgIpc) is 2.37. The van der Waals surface area contributed by atoms with Crippen molar-refractivity contribution in [2.45, 2.75) is 5.85 Å². The third-order valence-corrected chi connectivity index (χ3v) is 3.16. The lowest BCUT2D eigenvalue weighted by molar-refractivity contribution is 0.00162. The Morgan fingerprint density at radius 3 is 2.78 bits per heavy atom. The van der Waals surface area contributed by atoms with E-state index in [1.807, 2.05) is 18.2 Å². The molecule has 3 rings (SSSR count). The van der Waals surface area contributed by atoms with Crippen LogP contribution in [0.25, 0.3) is 0 Å². The van der Waals surface area contributed by atoms with Gasteiger partial charge in [-0.2, -0.15) is 0 Å². The molecule has 0 aliphatic carbocycles. The Balaban J connectivity index is 1.92. The van der Waals surface area contributed by atoms with Crippen LogP contribution in [0.5, 0.6) is 11.5 Å². The molecule has 0 aromatic heterocycles. The number of ether oxygens (including phenoxy) is 2. The quantitative estimate of drug-likeness (QED) is 0.579. The monoisotopic (exact) mass is 250 g/mol. The van der Waals surface area contributed by atoms with E-state index in [2.05, 4.69) is 10.2 Å². The number of hydrogen-bond donors (Lipinski definition) is 3. The molecule has 98 valence electrons. The molecule has 6 heteroatoms. The van der Waals surface area contributed by atoms with Crippen molar-refractivity contribution in [3.8, 4) is 11.5 Å². The molecule has 0 radical (unpaired) electrons.